The summed E-state index contributed by atoms with van der Waals surface area (Å²) in [7, 11) is 1.63. The Morgan fingerprint density at radius 3 is 2.81 bits per heavy atom. The Morgan fingerprint density at radius 1 is 1.43 bits per heavy atom. The number of hydrogen-bond donors (Lipinski definition) is 1. The predicted molar refractivity (Wildman–Crippen MR) is 83.5 cm³/mol. The van der Waals surface area contributed by atoms with Crippen molar-refractivity contribution in [3.05, 3.63) is 11.1 Å². The number of hydrogen-bond acceptors (Lipinski definition) is 5. The molecule has 1 aromatic rings. The molecule has 1 aromatic heterocycles. The van der Waals surface area contributed by atoms with E-state index in [0.717, 1.165) is 18.5 Å². The largest absolute Gasteiger partial charge is 0.378 e. The molecule has 1 heterocycles. The van der Waals surface area contributed by atoms with E-state index in [1.165, 1.54) is 37.0 Å². The maximum Gasteiger partial charge on any atom is 0.255 e. The quantitative estimate of drug-likeness (QED) is 0.818. The summed E-state index contributed by atoms with van der Waals surface area (Å²) in [6.45, 7) is 2.27. The molecule has 1 amide bonds. The van der Waals surface area contributed by atoms with Gasteiger partial charge in [0.05, 0.1) is 18.4 Å². The van der Waals surface area contributed by atoms with E-state index in [4.69, 9.17) is 9.47 Å². The molecular formula is C15H24N2O3S. The number of rotatable bonds is 6. The fraction of sp³-hybridized carbons (Fsp3) is 0.733. The van der Waals surface area contributed by atoms with Gasteiger partial charge in [0.1, 0.15) is 6.10 Å². The fourth-order valence-corrected chi connectivity index (χ4v) is 3.21. The SMILES string of the molecule is COCc1csc(NC(=O)[C@H](C)OC2CCCCCC2)n1. The van der Waals surface area contributed by atoms with E-state index in [2.05, 4.69) is 10.3 Å². The minimum Gasteiger partial charge on any atom is -0.378 e. The smallest absolute Gasteiger partial charge is 0.255 e. The summed E-state index contributed by atoms with van der Waals surface area (Å²) in [5.41, 5.74) is 0.829. The van der Waals surface area contributed by atoms with Gasteiger partial charge in [0.25, 0.3) is 5.91 Å². The lowest BCUT2D eigenvalue weighted by Crippen LogP contribution is -2.31. The van der Waals surface area contributed by atoms with Crippen molar-refractivity contribution >= 4 is 22.4 Å². The van der Waals surface area contributed by atoms with E-state index in [1.807, 2.05) is 12.3 Å². The van der Waals surface area contributed by atoms with Crippen LogP contribution in [0, 0.1) is 0 Å². The third kappa shape index (κ3) is 5.37. The average molecular weight is 312 g/mol. The normalized spacial score (nSPS) is 18.2. The fourth-order valence-electron chi connectivity index (χ4n) is 2.51. The van der Waals surface area contributed by atoms with Crippen LogP contribution in [0.5, 0.6) is 0 Å². The van der Waals surface area contributed by atoms with Gasteiger partial charge in [-0.15, -0.1) is 11.3 Å². The lowest BCUT2D eigenvalue weighted by atomic mass is 10.1. The monoisotopic (exact) mass is 312 g/mol. The molecule has 0 aliphatic heterocycles. The lowest BCUT2D eigenvalue weighted by Gasteiger charge is -2.20. The minimum atomic E-state index is -0.442. The summed E-state index contributed by atoms with van der Waals surface area (Å²) in [5.74, 6) is -0.127. The van der Waals surface area contributed by atoms with Crippen molar-refractivity contribution in [2.45, 2.75) is 64.3 Å². The Morgan fingerprint density at radius 2 is 2.14 bits per heavy atom. The molecule has 118 valence electrons. The van der Waals surface area contributed by atoms with Gasteiger partial charge in [0.2, 0.25) is 0 Å². The van der Waals surface area contributed by atoms with Gasteiger partial charge in [-0.1, -0.05) is 25.7 Å². The maximum atomic E-state index is 12.1. The van der Waals surface area contributed by atoms with Gasteiger partial charge in [-0.2, -0.15) is 0 Å². The highest BCUT2D eigenvalue weighted by Crippen LogP contribution is 2.22. The minimum absolute atomic E-state index is 0.127. The zero-order valence-electron chi connectivity index (χ0n) is 12.8. The molecule has 0 radical (unpaired) electrons. The zero-order valence-corrected chi connectivity index (χ0v) is 13.6. The van der Waals surface area contributed by atoms with Crippen molar-refractivity contribution in [1.82, 2.24) is 4.98 Å². The number of carbonyl (C=O) groups is 1. The van der Waals surface area contributed by atoms with Gasteiger partial charge < -0.3 is 9.47 Å². The average Bonchev–Trinajstić information content (AvgIpc) is 2.73. The van der Waals surface area contributed by atoms with E-state index in [-0.39, 0.29) is 12.0 Å². The second-order valence-corrected chi connectivity index (χ2v) is 6.32. The first-order valence-corrected chi connectivity index (χ1v) is 8.46. The van der Waals surface area contributed by atoms with Crippen molar-refractivity contribution in [2.75, 3.05) is 12.4 Å². The second kappa shape index (κ2) is 8.46. The van der Waals surface area contributed by atoms with E-state index < -0.39 is 6.10 Å². The van der Waals surface area contributed by atoms with Gasteiger partial charge in [0, 0.05) is 12.5 Å². The van der Waals surface area contributed by atoms with E-state index in [0.29, 0.717) is 11.7 Å². The Balaban J connectivity index is 1.80. The maximum absolute atomic E-state index is 12.1. The van der Waals surface area contributed by atoms with Crippen LogP contribution < -0.4 is 5.32 Å². The lowest BCUT2D eigenvalue weighted by molar-refractivity contribution is -0.130. The van der Waals surface area contributed by atoms with Gasteiger partial charge in [-0.3, -0.25) is 10.1 Å². The first kappa shape index (κ1) is 16.4. The van der Waals surface area contributed by atoms with Crippen LogP contribution in [0.2, 0.25) is 0 Å². The molecule has 1 atom stereocenters. The summed E-state index contributed by atoms with van der Waals surface area (Å²) in [4.78, 5) is 16.4. The number of thiazole rings is 1. The number of nitrogens with one attached hydrogen (secondary N) is 1. The van der Waals surface area contributed by atoms with Crippen LogP contribution in [-0.4, -0.2) is 30.2 Å². The summed E-state index contributed by atoms with van der Waals surface area (Å²) in [6, 6.07) is 0. The standard InChI is InChI=1S/C15H24N2O3S/c1-11(20-13-7-5-3-4-6-8-13)14(18)17-15-16-12(9-19-2)10-21-15/h10-11,13H,3-9H2,1-2H3,(H,16,17,18)/t11-/m0/s1. The van der Waals surface area contributed by atoms with Crippen molar-refractivity contribution in [1.29, 1.82) is 0 Å². The van der Waals surface area contributed by atoms with Crippen molar-refractivity contribution < 1.29 is 14.3 Å². The number of carbonyl (C=O) groups excluding carboxylic acids is 1. The van der Waals surface area contributed by atoms with Crippen LogP contribution in [0.15, 0.2) is 5.38 Å². The molecule has 21 heavy (non-hydrogen) atoms. The molecule has 0 bridgehead atoms. The highest BCUT2D eigenvalue weighted by atomic mass is 32.1. The van der Waals surface area contributed by atoms with E-state index >= 15 is 0 Å². The number of ether oxygens (including phenoxy) is 2. The van der Waals surface area contributed by atoms with Crippen molar-refractivity contribution in [2.24, 2.45) is 0 Å². The molecular weight excluding hydrogens is 288 g/mol. The molecule has 0 saturated heterocycles. The van der Waals surface area contributed by atoms with Crippen LogP contribution in [0.25, 0.3) is 0 Å². The number of aromatic nitrogens is 1. The van der Waals surface area contributed by atoms with Gasteiger partial charge in [0.15, 0.2) is 5.13 Å². The molecule has 1 aliphatic carbocycles. The Hall–Kier alpha value is -0.980. The molecule has 2 rings (SSSR count). The number of nitrogens with zero attached hydrogens (tertiary/aromatic N) is 1. The summed E-state index contributed by atoms with van der Waals surface area (Å²) >= 11 is 1.41. The molecule has 0 spiro atoms. The van der Waals surface area contributed by atoms with Gasteiger partial charge >= 0.3 is 0 Å². The molecule has 0 aromatic carbocycles. The van der Waals surface area contributed by atoms with Gasteiger partial charge in [-0.25, -0.2) is 4.98 Å². The summed E-state index contributed by atoms with van der Waals surface area (Å²) < 4.78 is 10.9. The Labute approximate surface area is 130 Å². The van der Waals surface area contributed by atoms with Crippen LogP contribution in [-0.2, 0) is 20.9 Å². The third-order valence-corrected chi connectivity index (χ3v) is 4.45. The first-order chi connectivity index (χ1) is 10.2. The number of anilines is 1. The highest BCUT2D eigenvalue weighted by molar-refractivity contribution is 7.13. The zero-order chi connectivity index (χ0) is 15.1. The molecule has 5 nitrogen and oxygen atoms in total. The van der Waals surface area contributed by atoms with Crippen LogP contribution in [0.3, 0.4) is 0 Å². The van der Waals surface area contributed by atoms with E-state index in [9.17, 15) is 4.79 Å². The molecule has 1 N–H and O–H groups in total. The summed E-state index contributed by atoms with van der Waals surface area (Å²) in [5, 5.41) is 5.30. The topological polar surface area (TPSA) is 60.5 Å². The molecule has 1 aliphatic rings. The van der Waals surface area contributed by atoms with Crippen molar-refractivity contribution in [3.63, 3.8) is 0 Å². The molecule has 0 unspecified atom stereocenters. The van der Waals surface area contributed by atoms with Crippen molar-refractivity contribution in [3.8, 4) is 0 Å². The highest BCUT2D eigenvalue weighted by Gasteiger charge is 2.21. The third-order valence-electron chi connectivity index (χ3n) is 3.64. The molecule has 1 fully saturated rings. The van der Waals surface area contributed by atoms with Crippen LogP contribution >= 0.6 is 11.3 Å². The number of methoxy groups -OCH3 is 1. The molecule has 6 heteroatoms. The Kier molecular flexibility index (Phi) is 6.60. The predicted octanol–water partition coefficient (Wildman–Crippen LogP) is 3.36. The van der Waals surface area contributed by atoms with Crippen LogP contribution in [0.1, 0.15) is 51.1 Å². The Bertz CT molecular complexity index is 442. The second-order valence-electron chi connectivity index (χ2n) is 5.46. The summed E-state index contributed by atoms with van der Waals surface area (Å²) in [6.07, 6.45) is 6.86. The van der Waals surface area contributed by atoms with E-state index in [1.54, 1.807) is 7.11 Å². The first-order valence-electron chi connectivity index (χ1n) is 7.58. The number of amides is 1. The van der Waals surface area contributed by atoms with Crippen LogP contribution in [0.4, 0.5) is 5.13 Å². The van der Waals surface area contributed by atoms with Gasteiger partial charge in [-0.05, 0) is 19.8 Å². The molecule has 1 saturated carbocycles.